The van der Waals surface area contributed by atoms with E-state index >= 15 is 0 Å². The van der Waals surface area contributed by atoms with Crippen LogP contribution in [0.5, 0.6) is 0 Å². The van der Waals surface area contributed by atoms with Gasteiger partial charge in [0, 0.05) is 17.0 Å². The number of amides is 2. The molecule has 1 aliphatic rings. The molecule has 1 fully saturated rings. The summed E-state index contributed by atoms with van der Waals surface area (Å²) in [4.78, 5) is 28.2. The third-order valence-corrected chi connectivity index (χ3v) is 7.08. The summed E-state index contributed by atoms with van der Waals surface area (Å²) >= 11 is 0.502. The fourth-order valence-electron chi connectivity index (χ4n) is 4.11. The molecule has 7 nitrogen and oxygen atoms in total. The molecule has 2 amide bonds. The number of anilines is 1. The number of halogens is 7. The Hall–Kier alpha value is -4.01. The zero-order valence-corrected chi connectivity index (χ0v) is 20.3. The van der Waals surface area contributed by atoms with Crippen molar-refractivity contribution in [2.24, 2.45) is 5.73 Å². The standard InChI is InChI=1S/C24H16F7N5O2S/c25-12-5-3-10(4-6-12)13-7-15(23(26,27)28)33-22-18(13)19(20(39-22)21(32)38)34-17(37)9-36-14(11-1-2-11)8-16(35-36)24(29,30)31/h3-8,11H,1-2,9H2,(H2,32,38)(H,34,37). The summed E-state index contributed by atoms with van der Waals surface area (Å²) in [6.07, 6.45) is -8.36. The van der Waals surface area contributed by atoms with Crippen LogP contribution in [0.15, 0.2) is 36.4 Å². The number of aromatic nitrogens is 3. The van der Waals surface area contributed by atoms with Crippen molar-refractivity contribution in [2.75, 3.05) is 5.32 Å². The Bertz CT molecular complexity index is 1600. The first-order valence-corrected chi connectivity index (χ1v) is 12.1. The van der Waals surface area contributed by atoms with Crippen LogP contribution in [-0.4, -0.2) is 26.6 Å². The number of nitrogens with zero attached hydrogens (tertiary/aromatic N) is 3. The second kappa shape index (κ2) is 9.32. The number of nitrogens with one attached hydrogen (secondary N) is 1. The monoisotopic (exact) mass is 571 g/mol. The molecule has 39 heavy (non-hydrogen) atoms. The SMILES string of the molecule is NC(=O)c1sc2nc(C(F)(F)F)cc(-c3ccc(F)cc3)c2c1NC(=O)Cn1nc(C(F)(F)F)cc1C1CC1. The van der Waals surface area contributed by atoms with Gasteiger partial charge < -0.3 is 11.1 Å². The molecule has 1 saturated carbocycles. The number of pyridine rings is 1. The maximum atomic E-state index is 13.6. The number of carbonyl (C=O) groups is 2. The van der Waals surface area contributed by atoms with E-state index < -0.39 is 47.9 Å². The van der Waals surface area contributed by atoms with Gasteiger partial charge in [0.15, 0.2) is 5.69 Å². The lowest BCUT2D eigenvalue weighted by molar-refractivity contribution is -0.142. The molecule has 1 aliphatic carbocycles. The number of fused-ring (bicyclic) bond motifs is 1. The van der Waals surface area contributed by atoms with Crippen LogP contribution in [0.4, 0.5) is 36.4 Å². The molecule has 0 atom stereocenters. The van der Waals surface area contributed by atoms with Crippen LogP contribution >= 0.6 is 11.3 Å². The zero-order chi connectivity index (χ0) is 28.3. The molecular formula is C24H16F7N5O2S. The molecule has 0 unspecified atom stereocenters. The Morgan fingerprint density at radius 3 is 2.23 bits per heavy atom. The van der Waals surface area contributed by atoms with Crippen LogP contribution in [0.25, 0.3) is 21.3 Å². The molecule has 15 heteroatoms. The van der Waals surface area contributed by atoms with Crippen molar-refractivity contribution in [3.05, 3.63) is 64.2 Å². The van der Waals surface area contributed by atoms with Crippen molar-refractivity contribution in [2.45, 2.75) is 37.7 Å². The number of thiophene rings is 1. The number of hydrogen-bond acceptors (Lipinski definition) is 5. The van der Waals surface area contributed by atoms with Crippen molar-refractivity contribution in [1.82, 2.24) is 14.8 Å². The highest BCUT2D eigenvalue weighted by atomic mass is 32.1. The molecule has 0 aliphatic heterocycles. The molecule has 4 aromatic rings. The van der Waals surface area contributed by atoms with Crippen molar-refractivity contribution in [3.8, 4) is 11.1 Å². The van der Waals surface area contributed by atoms with Gasteiger partial charge in [-0.25, -0.2) is 9.37 Å². The maximum Gasteiger partial charge on any atom is 0.435 e. The summed E-state index contributed by atoms with van der Waals surface area (Å²) in [6, 6.07) is 6.02. The third kappa shape index (κ3) is 5.30. The predicted octanol–water partition coefficient (Wildman–Crippen LogP) is 5.95. The molecule has 204 valence electrons. The van der Waals surface area contributed by atoms with Crippen LogP contribution in [-0.2, 0) is 23.7 Å². The molecule has 0 saturated heterocycles. The van der Waals surface area contributed by atoms with Crippen LogP contribution in [0, 0.1) is 5.82 Å². The first kappa shape index (κ1) is 26.6. The van der Waals surface area contributed by atoms with E-state index in [1.54, 1.807) is 0 Å². The summed E-state index contributed by atoms with van der Waals surface area (Å²) < 4.78 is 95.0. The number of hydrogen-bond donors (Lipinski definition) is 2. The minimum absolute atomic E-state index is 0.0689. The molecule has 3 N–H and O–H groups in total. The number of alkyl halides is 6. The van der Waals surface area contributed by atoms with E-state index in [1.165, 1.54) is 12.1 Å². The maximum absolute atomic E-state index is 13.6. The quantitative estimate of drug-likeness (QED) is 0.279. The molecule has 3 heterocycles. The number of carbonyl (C=O) groups excluding carboxylic acids is 2. The second-order valence-electron chi connectivity index (χ2n) is 8.84. The van der Waals surface area contributed by atoms with E-state index in [9.17, 15) is 40.3 Å². The van der Waals surface area contributed by atoms with E-state index in [0.29, 0.717) is 30.2 Å². The average Bonchev–Trinajstić information content (AvgIpc) is 3.48. The topological polar surface area (TPSA) is 103 Å². The normalized spacial score (nSPS) is 14.1. The lowest BCUT2D eigenvalue weighted by Gasteiger charge is -2.13. The van der Waals surface area contributed by atoms with Crippen molar-refractivity contribution >= 4 is 39.1 Å². The fraction of sp³-hybridized carbons (Fsp3) is 0.250. The van der Waals surface area contributed by atoms with Gasteiger partial charge >= 0.3 is 12.4 Å². The molecule has 1 aromatic carbocycles. The second-order valence-corrected chi connectivity index (χ2v) is 9.84. The van der Waals surface area contributed by atoms with Crippen molar-refractivity contribution in [3.63, 3.8) is 0 Å². The molecular weight excluding hydrogens is 555 g/mol. The highest BCUT2D eigenvalue weighted by Gasteiger charge is 2.38. The van der Waals surface area contributed by atoms with Gasteiger partial charge in [-0.2, -0.15) is 31.4 Å². The summed E-state index contributed by atoms with van der Waals surface area (Å²) in [6.45, 7) is -0.669. The van der Waals surface area contributed by atoms with E-state index in [4.69, 9.17) is 5.73 Å². The minimum Gasteiger partial charge on any atom is -0.365 e. The Kier molecular flexibility index (Phi) is 6.36. The lowest BCUT2D eigenvalue weighted by Crippen LogP contribution is -2.23. The number of primary amides is 1. The van der Waals surface area contributed by atoms with Crippen LogP contribution in [0.2, 0.25) is 0 Å². The van der Waals surface area contributed by atoms with Gasteiger partial charge in [0.25, 0.3) is 5.91 Å². The smallest absolute Gasteiger partial charge is 0.365 e. The van der Waals surface area contributed by atoms with E-state index in [0.717, 1.165) is 22.9 Å². The fourth-order valence-corrected chi connectivity index (χ4v) is 5.12. The molecule has 0 spiro atoms. The Labute approximate surface area is 218 Å². The van der Waals surface area contributed by atoms with Gasteiger partial charge in [0.2, 0.25) is 5.91 Å². The predicted molar refractivity (Wildman–Crippen MR) is 126 cm³/mol. The Morgan fingerprint density at radius 2 is 1.67 bits per heavy atom. The van der Waals surface area contributed by atoms with Gasteiger partial charge in [-0.3, -0.25) is 14.3 Å². The van der Waals surface area contributed by atoms with Gasteiger partial charge in [-0.15, -0.1) is 11.3 Å². The van der Waals surface area contributed by atoms with Gasteiger partial charge in [-0.05, 0) is 48.2 Å². The minimum atomic E-state index is -4.88. The average molecular weight is 571 g/mol. The summed E-state index contributed by atoms with van der Waals surface area (Å²) in [5.74, 6) is -2.83. The highest BCUT2D eigenvalue weighted by molar-refractivity contribution is 7.21. The van der Waals surface area contributed by atoms with Crippen molar-refractivity contribution in [1.29, 1.82) is 0 Å². The third-order valence-electron chi connectivity index (χ3n) is 5.99. The lowest BCUT2D eigenvalue weighted by atomic mass is 10.0. The van der Waals surface area contributed by atoms with Crippen molar-refractivity contribution < 1.29 is 40.3 Å². The summed E-state index contributed by atoms with van der Waals surface area (Å²) in [7, 11) is 0. The van der Waals surface area contributed by atoms with Crippen LogP contribution in [0.3, 0.4) is 0 Å². The first-order valence-electron chi connectivity index (χ1n) is 11.3. The molecule has 0 radical (unpaired) electrons. The Balaban J connectivity index is 1.60. The summed E-state index contributed by atoms with van der Waals surface area (Å²) in [5.41, 5.74) is 2.93. The van der Waals surface area contributed by atoms with E-state index in [1.807, 2.05) is 0 Å². The van der Waals surface area contributed by atoms with E-state index in [2.05, 4.69) is 15.4 Å². The number of nitrogens with two attached hydrogens (primary N) is 1. The first-order chi connectivity index (χ1) is 18.2. The number of rotatable bonds is 6. The van der Waals surface area contributed by atoms with Gasteiger partial charge in [-0.1, -0.05) is 12.1 Å². The zero-order valence-electron chi connectivity index (χ0n) is 19.5. The largest absolute Gasteiger partial charge is 0.435 e. The van der Waals surface area contributed by atoms with Gasteiger partial charge in [0.05, 0.1) is 5.69 Å². The molecule has 5 rings (SSSR count). The summed E-state index contributed by atoms with van der Waals surface area (Å²) in [5, 5.41) is 5.85. The van der Waals surface area contributed by atoms with Gasteiger partial charge in [0.1, 0.15) is 27.8 Å². The number of benzene rings is 1. The van der Waals surface area contributed by atoms with Crippen LogP contribution < -0.4 is 11.1 Å². The Morgan fingerprint density at radius 1 is 1.03 bits per heavy atom. The molecule has 0 bridgehead atoms. The van der Waals surface area contributed by atoms with E-state index in [-0.39, 0.29) is 43.5 Å². The highest BCUT2D eigenvalue weighted by Crippen LogP contribution is 2.44. The van der Waals surface area contributed by atoms with Crippen LogP contribution in [0.1, 0.15) is 45.5 Å². The molecule has 3 aromatic heterocycles.